The summed E-state index contributed by atoms with van der Waals surface area (Å²) in [7, 11) is -2.34. The van der Waals surface area contributed by atoms with Gasteiger partial charge in [-0.2, -0.15) is 4.31 Å². The third-order valence-corrected chi connectivity index (χ3v) is 7.76. The second-order valence-electron chi connectivity index (χ2n) is 8.65. The average molecular weight is 515 g/mol. The maximum Gasteiger partial charge on any atom is 0.407 e. The molecule has 1 atom stereocenters. The van der Waals surface area contributed by atoms with Crippen LogP contribution in [-0.2, 0) is 29.0 Å². The largest absolute Gasteiger partial charge is 0.469 e. The number of amides is 1. The highest BCUT2D eigenvalue weighted by Gasteiger charge is 2.27. The lowest BCUT2D eigenvalue weighted by Gasteiger charge is -2.25. The first-order valence-electron chi connectivity index (χ1n) is 10.8. The van der Waals surface area contributed by atoms with Gasteiger partial charge in [-0.05, 0) is 39.0 Å². The number of anilines is 1. The number of nitrogens with one attached hydrogen (secondary N) is 2. The number of benzene rings is 1. The Morgan fingerprint density at radius 3 is 2.59 bits per heavy atom. The monoisotopic (exact) mass is 514 g/mol. The van der Waals surface area contributed by atoms with Gasteiger partial charge in [-0.15, -0.1) is 0 Å². The number of thiazole rings is 1. The van der Waals surface area contributed by atoms with Gasteiger partial charge in [0.05, 0.1) is 41.4 Å². The molecule has 11 nitrogen and oxygen atoms in total. The van der Waals surface area contributed by atoms with Crippen molar-refractivity contribution in [3.8, 4) is 0 Å². The number of esters is 1. The first-order valence-corrected chi connectivity index (χ1v) is 13.0. The number of sulfonamides is 1. The van der Waals surface area contributed by atoms with E-state index in [-0.39, 0.29) is 18.0 Å². The maximum atomic E-state index is 12.9. The number of aromatic nitrogens is 1. The summed E-state index contributed by atoms with van der Waals surface area (Å²) in [6.45, 7) is 6.80. The normalized spacial score (nSPS) is 16.1. The van der Waals surface area contributed by atoms with Gasteiger partial charge in [-0.3, -0.25) is 4.79 Å². The Morgan fingerprint density at radius 2 is 1.94 bits per heavy atom. The summed E-state index contributed by atoms with van der Waals surface area (Å²) >= 11 is 1.27. The summed E-state index contributed by atoms with van der Waals surface area (Å²) in [6, 6.07) is 4.80. The Labute approximate surface area is 202 Å². The van der Waals surface area contributed by atoms with E-state index in [1.54, 1.807) is 39.0 Å². The molecule has 1 aromatic heterocycles. The van der Waals surface area contributed by atoms with Crippen molar-refractivity contribution in [3.63, 3.8) is 0 Å². The summed E-state index contributed by atoms with van der Waals surface area (Å²) in [6.07, 6.45) is -0.629. The lowest BCUT2D eigenvalue weighted by Crippen LogP contribution is -2.40. The van der Waals surface area contributed by atoms with Crippen LogP contribution in [0.4, 0.5) is 9.93 Å². The smallest absolute Gasteiger partial charge is 0.407 e. The van der Waals surface area contributed by atoms with Crippen LogP contribution in [0.1, 0.15) is 20.8 Å². The van der Waals surface area contributed by atoms with Crippen LogP contribution >= 0.6 is 11.3 Å². The van der Waals surface area contributed by atoms with E-state index in [0.29, 0.717) is 41.7 Å². The van der Waals surface area contributed by atoms with Crippen molar-refractivity contribution in [2.24, 2.45) is 5.92 Å². The minimum Gasteiger partial charge on any atom is -0.469 e. The molecular formula is C21H30N4O7S2. The molecule has 0 bridgehead atoms. The van der Waals surface area contributed by atoms with Crippen molar-refractivity contribution >= 4 is 48.8 Å². The van der Waals surface area contributed by atoms with Crippen molar-refractivity contribution in [1.29, 1.82) is 0 Å². The van der Waals surface area contributed by atoms with Crippen molar-refractivity contribution < 1.29 is 32.2 Å². The van der Waals surface area contributed by atoms with Crippen LogP contribution < -0.4 is 10.6 Å². The standard InChI is InChI=1S/C21H30N4O7S2/c1-21(2,3)32-20(27)23-13-14(18(26)30-4)12-22-19-24-16-6-5-15(11-17(16)33-19)34(28,29)25-7-9-31-10-8-25/h5-6,11,14H,7-10,12-13H2,1-4H3,(H,22,24)(H,23,27). The number of hydrogen-bond donors (Lipinski definition) is 2. The highest BCUT2D eigenvalue weighted by atomic mass is 32.2. The summed E-state index contributed by atoms with van der Waals surface area (Å²) in [5.41, 5.74) is -0.0204. The molecule has 1 amide bonds. The summed E-state index contributed by atoms with van der Waals surface area (Å²) in [5, 5.41) is 6.17. The molecular weight excluding hydrogens is 484 g/mol. The Bertz CT molecular complexity index is 1120. The predicted octanol–water partition coefficient (Wildman–Crippen LogP) is 2.04. The number of carbonyl (C=O) groups excluding carboxylic acids is 2. The van der Waals surface area contributed by atoms with Gasteiger partial charge in [0.2, 0.25) is 10.0 Å². The van der Waals surface area contributed by atoms with Crippen LogP contribution in [0.5, 0.6) is 0 Å². The minimum atomic E-state index is -3.61. The van der Waals surface area contributed by atoms with E-state index in [4.69, 9.17) is 14.2 Å². The quantitative estimate of drug-likeness (QED) is 0.507. The number of alkyl carbamates (subject to hydrolysis) is 1. The highest BCUT2D eigenvalue weighted by molar-refractivity contribution is 7.89. The van der Waals surface area contributed by atoms with Gasteiger partial charge in [0.15, 0.2) is 5.13 Å². The lowest BCUT2D eigenvalue weighted by molar-refractivity contribution is -0.144. The summed E-state index contributed by atoms with van der Waals surface area (Å²) < 4.78 is 43.2. The van der Waals surface area contributed by atoms with E-state index in [0.717, 1.165) is 0 Å². The number of nitrogens with zero attached hydrogens (tertiary/aromatic N) is 2. The molecule has 0 spiro atoms. The number of carbonyl (C=O) groups is 2. The predicted molar refractivity (Wildman–Crippen MR) is 127 cm³/mol. The van der Waals surface area contributed by atoms with Crippen molar-refractivity contribution in [3.05, 3.63) is 18.2 Å². The third kappa shape index (κ3) is 6.78. The average Bonchev–Trinajstić information content (AvgIpc) is 3.20. The molecule has 1 aromatic carbocycles. The molecule has 188 valence electrons. The zero-order chi connectivity index (χ0) is 24.9. The summed E-state index contributed by atoms with van der Waals surface area (Å²) in [4.78, 5) is 28.7. The number of hydrogen-bond acceptors (Lipinski definition) is 10. The van der Waals surface area contributed by atoms with Gasteiger partial charge in [0, 0.05) is 26.2 Å². The van der Waals surface area contributed by atoms with Gasteiger partial charge >= 0.3 is 12.1 Å². The van der Waals surface area contributed by atoms with Crippen LogP contribution in [0.2, 0.25) is 0 Å². The lowest BCUT2D eigenvalue weighted by atomic mass is 10.1. The number of morpholine rings is 1. The molecule has 1 saturated heterocycles. The molecule has 0 aliphatic carbocycles. The Kier molecular flexibility index (Phi) is 8.34. The van der Waals surface area contributed by atoms with Gasteiger partial charge in [-0.1, -0.05) is 11.3 Å². The van der Waals surface area contributed by atoms with Crippen molar-refractivity contribution in [2.45, 2.75) is 31.3 Å². The number of methoxy groups -OCH3 is 1. The van der Waals surface area contributed by atoms with E-state index in [1.807, 2.05) is 0 Å². The Morgan fingerprint density at radius 1 is 1.24 bits per heavy atom. The Balaban J connectivity index is 1.67. The molecule has 2 heterocycles. The van der Waals surface area contributed by atoms with Gasteiger partial charge < -0.3 is 24.8 Å². The van der Waals surface area contributed by atoms with Crippen molar-refractivity contribution in [2.75, 3.05) is 51.8 Å². The zero-order valence-corrected chi connectivity index (χ0v) is 21.3. The fourth-order valence-electron chi connectivity index (χ4n) is 3.21. The van der Waals surface area contributed by atoms with E-state index in [1.165, 1.54) is 22.8 Å². The minimum absolute atomic E-state index is 0.0153. The van der Waals surface area contributed by atoms with E-state index >= 15 is 0 Å². The number of rotatable bonds is 8. The maximum absolute atomic E-state index is 12.9. The van der Waals surface area contributed by atoms with Crippen LogP contribution in [0.25, 0.3) is 10.2 Å². The van der Waals surface area contributed by atoms with Crippen molar-refractivity contribution in [1.82, 2.24) is 14.6 Å². The number of fused-ring (bicyclic) bond motifs is 1. The molecule has 13 heteroatoms. The first-order chi connectivity index (χ1) is 16.0. The SMILES string of the molecule is COC(=O)C(CNC(=O)OC(C)(C)C)CNc1nc2ccc(S(=O)(=O)N3CCOCC3)cc2s1. The molecule has 2 N–H and O–H groups in total. The fourth-order valence-corrected chi connectivity index (χ4v) is 5.64. The van der Waals surface area contributed by atoms with Crippen LogP contribution in [0, 0.1) is 5.92 Å². The Hall–Kier alpha value is -2.48. The zero-order valence-electron chi connectivity index (χ0n) is 19.6. The summed E-state index contributed by atoms with van der Waals surface area (Å²) in [5.74, 6) is -1.18. The molecule has 0 saturated carbocycles. The van der Waals surface area contributed by atoms with Gasteiger partial charge in [-0.25, -0.2) is 18.2 Å². The van der Waals surface area contributed by atoms with Gasteiger partial charge in [0.1, 0.15) is 5.60 Å². The van der Waals surface area contributed by atoms with Crippen LogP contribution in [0.3, 0.4) is 0 Å². The van der Waals surface area contributed by atoms with E-state index in [2.05, 4.69) is 15.6 Å². The van der Waals surface area contributed by atoms with Crippen LogP contribution in [-0.4, -0.2) is 81.9 Å². The molecule has 1 aliphatic rings. The van der Waals surface area contributed by atoms with Gasteiger partial charge in [0.25, 0.3) is 0 Å². The molecule has 0 radical (unpaired) electrons. The third-order valence-electron chi connectivity index (χ3n) is 4.89. The fraction of sp³-hybridized carbons (Fsp3) is 0.571. The topological polar surface area (TPSA) is 136 Å². The highest BCUT2D eigenvalue weighted by Crippen LogP contribution is 2.29. The van der Waals surface area contributed by atoms with Crippen LogP contribution in [0.15, 0.2) is 23.1 Å². The molecule has 1 aliphatic heterocycles. The molecule has 2 aromatic rings. The second-order valence-corrected chi connectivity index (χ2v) is 11.6. The first kappa shape index (κ1) is 26.1. The number of ether oxygens (including phenoxy) is 3. The molecule has 1 fully saturated rings. The second kappa shape index (κ2) is 10.8. The van der Waals surface area contributed by atoms with E-state index in [9.17, 15) is 18.0 Å². The molecule has 34 heavy (non-hydrogen) atoms. The van der Waals surface area contributed by atoms with E-state index < -0.39 is 33.6 Å². The molecule has 1 unspecified atom stereocenters. The molecule has 3 rings (SSSR count).